The van der Waals surface area contributed by atoms with E-state index in [1.807, 2.05) is 20.8 Å². The molecular formula is C24H32O5. The minimum absolute atomic E-state index is 0.0304. The first-order valence-corrected chi connectivity index (χ1v) is 10.5. The van der Waals surface area contributed by atoms with E-state index in [1.54, 1.807) is 6.26 Å². The molecule has 0 radical (unpaired) electrons. The molecule has 0 spiro atoms. The maximum atomic E-state index is 13.1. The Morgan fingerprint density at radius 1 is 1.17 bits per heavy atom. The first-order chi connectivity index (χ1) is 13.4. The second kappa shape index (κ2) is 6.32. The molecule has 4 rings (SSSR count). The maximum Gasteiger partial charge on any atom is 0.251 e. The van der Waals surface area contributed by atoms with E-state index in [0.717, 1.165) is 17.6 Å². The SMILES string of the molecule is CC1=CCC(C)(C)C=CCC2(C)OC34C=C(O)C(=O)C3(CC2CC1O)C(C)=CO4. The molecule has 2 aliphatic heterocycles. The molecule has 0 bridgehead atoms. The Morgan fingerprint density at radius 3 is 2.62 bits per heavy atom. The average molecular weight is 401 g/mol. The number of aliphatic hydroxyl groups is 2. The Bertz CT molecular complexity index is 862. The fourth-order valence-corrected chi connectivity index (χ4v) is 5.40. The number of carbonyl (C=O) groups excluding carboxylic acids is 1. The van der Waals surface area contributed by atoms with Crippen LogP contribution in [0, 0.1) is 16.7 Å². The summed E-state index contributed by atoms with van der Waals surface area (Å²) >= 11 is 0. The average Bonchev–Trinajstić information content (AvgIpc) is 3.01. The molecule has 5 nitrogen and oxygen atoms in total. The lowest BCUT2D eigenvalue weighted by Crippen LogP contribution is -2.62. The lowest BCUT2D eigenvalue weighted by Gasteiger charge is -2.54. The van der Waals surface area contributed by atoms with Crippen LogP contribution in [0.5, 0.6) is 0 Å². The van der Waals surface area contributed by atoms with E-state index >= 15 is 0 Å². The van der Waals surface area contributed by atoms with E-state index in [-0.39, 0.29) is 22.9 Å². The standard InChI is InChI=1S/C24H32O5/c1-15-7-10-21(3,4)8-6-9-22(5)17(11-18(15)25)12-23-16(2)14-28-24(23,29-22)13-19(26)20(23)27/h6-8,13-14,17-18,25-26H,9-12H2,1-5H3. The van der Waals surface area contributed by atoms with Crippen molar-refractivity contribution < 1.29 is 24.5 Å². The molecule has 2 heterocycles. The van der Waals surface area contributed by atoms with Crippen molar-refractivity contribution in [3.05, 3.63) is 47.5 Å². The number of rotatable bonds is 0. The minimum Gasteiger partial charge on any atom is -0.504 e. The van der Waals surface area contributed by atoms with E-state index in [9.17, 15) is 15.0 Å². The third-order valence-electron chi connectivity index (χ3n) is 7.50. The van der Waals surface area contributed by atoms with E-state index in [1.165, 1.54) is 6.08 Å². The van der Waals surface area contributed by atoms with Crippen molar-refractivity contribution in [3.8, 4) is 0 Å². The van der Waals surface area contributed by atoms with Crippen LogP contribution in [-0.2, 0) is 14.3 Å². The second-order valence-electron chi connectivity index (χ2n) is 10.2. The van der Waals surface area contributed by atoms with Gasteiger partial charge >= 0.3 is 0 Å². The van der Waals surface area contributed by atoms with Crippen LogP contribution >= 0.6 is 0 Å². The third-order valence-corrected chi connectivity index (χ3v) is 7.50. The van der Waals surface area contributed by atoms with Crippen LogP contribution in [0.15, 0.2) is 47.5 Å². The van der Waals surface area contributed by atoms with Gasteiger partial charge in [0.15, 0.2) is 5.76 Å². The van der Waals surface area contributed by atoms with Gasteiger partial charge in [-0.15, -0.1) is 0 Å². The summed E-state index contributed by atoms with van der Waals surface area (Å²) in [5, 5.41) is 21.3. The Balaban J connectivity index is 1.79. The van der Waals surface area contributed by atoms with Crippen LogP contribution in [0.25, 0.3) is 0 Å². The van der Waals surface area contributed by atoms with Gasteiger partial charge in [0.1, 0.15) is 5.41 Å². The number of ether oxygens (including phenoxy) is 2. The highest BCUT2D eigenvalue weighted by Gasteiger charge is 2.73. The summed E-state index contributed by atoms with van der Waals surface area (Å²) in [5.41, 5.74) is -0.0305. The van der Waals surface area contributed by atoms with Gasteiger partial charge in [0, 0.05) is 6.08 Å². The molecule has 29 heavy (non-hydrogen) atoms. The van der Waals surface area contributed by atoms with Gasteiger partial charge in [-0.25, -0.2) is 0 Å². The summed E-state index contributed by atoms with van der Waals surface area (Å²) in [4.78, 5) is 13.1. The number of allylic oxidation sites excluding steroid dienone is 3. The number of hydrogen-bond acceptors (Lipinski definition) is 5. The van der Waals surface area contributed by atoms with E-state index in [0.29, 0.717) is 19.3 Å². The monoisotopic (exact) mass is 400 g/mol. The van der Waals surface area contributed by atoms with Crippen molar-refractivity contribution in [2.75, 3.05) is 0 Å². The fourth-order valence-electron chi connectivity index (χ4n) is 5.40. The molecule has 0 saturated carbocycles. The predicted molar refractivity (Wildman–Crippen MR) is 110 cm³/mol. The van der Waals surface area contributed by atoms with E-state index in [4.69, 9.17) is 9.47 Å². The van der Waals surface area contributed by atoms with Crippen LogP contribution in [-0.4, -0.2) is 33.5 Å². The molecule has 1 fully saturated rings. The van der Waals surface area contributed by atoms with Crippen molar-refractivity contribution in [2.24, 2.45) is 16.7 Å². The van der Waals surface area contributed by atoms with Gasteiger partial charge in [0.25, 0.3) is 5.79 Å². The molecule has 0 aromatic rings. The summed E-state index contributed by atoms with van der Waals surface area (Å²) in [6.07, 6.45) is 11.3. The fraction of sp³-hybridized carbons (Fsp3) is 0.625. The Labute approximate surface area is 172 Å². The van der Waals surface area contributed by atoms with E-state index in [2.05, 4.69) is 32.1 Å². The lowest BCUT2D eigenvalue weighted by molar-refractivity contribution is -0.305. The summed E-state index contributed by atoms with van der Waals surface area (Å²) in [5.74, 6) is -2.04. The molecule has 5 unspecified atom stereocenters. The molecule has 5 atom stereocenters. The second-order valence-corrected chi connectivity index (χ2v) is 10.2. The Kier molecular flexibility index (Phi) is 4.45. The zero-order valence-corrected chi connectivity index (χ0v) is 18.0. The molecule has 5 heteroatoms. The smallest absolute Gasteiger partial charge is 0.251 e. The first kappa shape index (κ1) is 20.4. The number of ketones is 1. The molecule has 2 N–H and O–H groups in total. The highest BCUT2D eigenvalue weighted by molar-refractivity contribution is 6.04. The minimum atomic E-state index is -1.30. The van der Waals surface area contributed by atoms with Crippen LogP contribution in [0.3, 0.4) is 0 Å². The van der Waals surface area contributed by atoms with Crippen LogP contribution in [0.4, 0.5) is 0 Å². The van der Waals surface area contributed by atoms with E-state index < -0.39 is 22.9 Å². The number of hydrogen-bond donors (Lipinski definition) is 2. The van der Waals surface area contributed by atoms with Crippen LogP contribution in [0.2, 0.25) is 0 Å². The highest BCUT2D eigenvalue weighted by Crippen LogP contribution is 2.64. The maximum absolute atomic E-state index is 13.1. The number of aliphatic hydroxyl groups excluding tert-OH is 2. The number of fused-ring (bicyclic) bond motifs is 1. The van der Waals surface area contributed by atoms with Crippen molar-refractivity contribution in [2.45, 2.75) is 77.8 Å². The van der Waals surface area contributed by atoms with Gasteiger partial charge in [-0.1, -0.05) is 32.1 Å². The van der Waals surface area contributed by atoms with Crippen LogP contribution < -0.4 is 0 Å². The summed E-state index contributed by atoms with van der Waals surface area (Å²) in [6, 6.07) is 0. The van der Waals surface area contributed by atoms with Gasteiger partial charge in [0.05, 0.1) is 18.0 Å². The van der Waals surface area contributed by atoms with Crippen molar-refractivity contribution in [1.82, 2.24) is 0 Å². The topological polar surface area (TPSA) is 76.0 Å². The molecule has 2 aliphatic carbocycles. The highest BCUT2D eigenvalue weighted by atomic mass is 16.7. The van der Waals surface area contributed by atoms with Gasteiger partial charge in [-0.05, 0) is 68.9 Å². The van der Waals surface area contributed by atoms with Crippen molar-refractivity contribution >= 4 is 5.78 Å². The first-order valence-electron chi connectivity index (χ1n) is 10.5. The number of carbonyl (C=O) groups is 1. The third kappa shape index (κ3) is 2.85. The Morgan fingerprint density at radius 2 is 1.90 bits per heavy atom. The molecular weight excluding hydrogens is 368 g/mol. The zero-order valence-electron chi connectivity index (χ0n) is 18.0. The summed E-state index contributed by atoms with van der Waals surface area (Å²) in [6.45, 7) is 10.2. The van der Waals surface area contributed by atoms with Crippen molar-refractivity contribution in [3.63, 3.8) is 0 Å². The van der Waals surface area contributed by atoms with Gasteiger partial charge < -0.3 is 19.7 Å². The zero-order chi connectivity index (χ0) is 21.2. The number of Topliss-reactive ketones (excluding diaryl/α,β-unsaturated/α-hetero) is 1. The van der Waals surface area contributed by atoms with Gasteiger partial charge in [-0.2, -0.15) is 0 Å². The molecule has 0 aromatic heterocycles. The predicted octanol–water partition coefficient (Wildman–Crippen LogP) is 4.50. The molecule has 4 aliphatic rings. The quantitative estimate of drug-likeness (QED) is 0.586. The van der Waals surface area contributed by atoms with Gasteiger partial charge in [-0.3, -0.25) is 4.79 Å². The molecule has 1 saturated heterocycles. The van der Waals surface area contributed by atoms with Crippen LogP contribution in [0.1, 0.15) is 60.3 Å². The van der Waals surface area contributed by atoms with Gasteiger partial charge in [0.2, 0.25) is 5.78 Å². The lowest BCUT2D eigenvalue weighted by atomic mass is 9.61. The molecule has 0 aromatic carbocycles. The van der Waals surface area contributed by atoms with Crippen molar-refractivity contribution in [1.29, 1.82) is 0 Å². The summed E-state index contributed by atoms with van der Waals surface area (Å²) in [7, 11) is 0. The Hall–Kier alpha value is -1.85. The normalized spacial score (nSPS) is 43.8. The summed E-state index contributed by atoms with van der Waals surface area (Å²) < 4.78 is 12.6. The molecule has 0 amide bonds. The largest absolute Gasteiger partial charge is 0.504 e. The molecule has 158 valence electrons.